The van der Waals surface area contributed by atoms with E-state index in [9.17, 15) is 9.59 Å². The minimum atomic E-state index is -0.471. The molecule has 1 amide bonds. The van der Waals surface area contributed by atoms with E-state index >= 15 is 0 Å². The van der Waals surface area contributed by atoms with Gasteiger partial charge < -0.3 is 15.0 Å². The van der Waals surface area contributed by atoms with Crippen molar-refractivity contribution in [3.8, 4) is 0 Å². The lowest BCUT2D eigenvalue weighted by molar-refractivity contribution is -0.119. The topological polar surface area (TPSA) is 58.6 Å². The lowest BCUT2D eigenvalue weighted by Gasteiger charge is -2.22. The molecule has 0 aliphatic carbocycles. The highest BCUT2D eigenvalue weighted by Crippen LogP contribution is 2.21. The van der Waals surface area contributed by atoms with Gasteiger partial charge in [0.15, 0.2) is 6.61 Å². The van der Waals surface area contributed by atoms with Crippen LogP contribution in [-0.4, -0.2) is 31.6 Å². The molecular weight excluding hydrogens is 336 g/mol. The van der Waals surface area contributed by atoms with Crippen molar-refractivity contribution in [1.29, 1.82) is 0 Å². The zero-order valence-electron chi connectivity index (χ0n) is 14.1. The molecule has 1 aliphatic heterocycles. The lowest BCUT2D eigenvalue weighted by atomic mass is 10.2. The maximum absolute atomic E-state index is 11.9. The fraction of sp³-hybridized carbons (Fsp3) is 0.368. The van der Waals surface area contributed by atoms with Crippen LogP contribution < -0.4 is 10.2 Å². The van der Waals surface area contributed by atoms with E-state index in [1.807, 2.05) is 24.3 Å². The quantitative estimate of drug-likeness (QED) is 0.823. The molecule has 3 rings (SSSR count). The largest absolute Gasteiger partial charge is 0.451 e. The Morgan fingerprint density at radius 3 is 2.40 bits per heavy atom. The molecular formula is C19H22N2O3S. The molecule has 0 atom stereocenters. The summed E-state index contributed by atoms with van der Waals surface area (Å²) < 4.78 is 5.00. The van der Waals surface area contributed by atoms with Crippen molar-refractivity contribution in [2.45, 2.75) is 25.7 Å². The molecule has 0 unspecified atom stereocenters. The molecule has 2 heterocycles. The van der Waals surface area contributed by atoms with Gasteiger partial charge in [0, 0.05) is 24.5 Å². The molecule has 0 radical (unpaired) electrons. The standard InChI is InChI=1S/C19H22N2O3S/c22-18(14-24-19(23)17-6-5-13-25-17)20-15-7-9-16(10-8-15)21-11-3-1-2-4-12-21/h5-10,13H,1-4,11-12,14H2,(H,20,22). The van der Waals surface area contributed by atoms with E-state index in [0.717, 1.165) is 13.1 Å². The number of carbonyl (C=O) groups is 2. The number of carbonyl (C=O) groups excluding carboxylic acids is 2. The third-order valence-corrected chi connectivity index (χ3v) is 5.03. The van der Waals surface area contributed by atoms with Crippen LogP contribution in [0.2, 0.25) is 0 Å². The Kier molecular flexibility index (Phi) is 6.06. The Bertz CT molecular complexity index is 690. The van der Waals surface area contributed by atoms with Gasteiger partial charge in [-0.1, -0.05) is 18.9 Å². The number of anilines is 2. The zero-order chi connectivity index (χ0) is 17.5. The molecule has 1 saturated heterocycles. The third-order valence-electron chi connectivity index (χ3n) is 4.18. The van der Waals surface area contributed by atoms with Gasteiger partial charge in [-0.2, -0.15) is 0 Å². The molecule has 1 aromatic carbocycles. The number of nitrogens with zero attached hydrogens (tertiary/aromatic N) is 1. The van der Waals surface area contributed by atoms with E-state index in [2.05, 4.69) is 10.2 Å². The van der Waals surface area contributed by atoms with Gasteiger partial charge in [-0.15, -0.1) is 11.3 Å². The van der Waals surface area contributed by atoms with Crippen molar-refractivity contribution in [2.24, 2.45) is 0 Å². The first-order chi connectivity index (χ1) is 12.2. The van der Waals surface area contributed by atoms with Gasteiger partial charge in [-0.05, 0) is 48.6 Å². The average Bonchev–Trinajstić information content (AvgIpc) is 3.03. The third kappa shape index (κ3) is 5.06. The fourth-order valence-electron chi connectivity index (χ4n) is 2.88. The predicted molar refractivity (Wildman–Crippen MR) is 100 cm³/mol. The van der Waals surface area contributed by atoms with Crippen LogP contribution in [0.25, 0.3) is 0 Å². The SMILES string of the molecule is O=C(COC(=O)c1cccs1)Nc1ccc(N2CCCCCC2)cc1. The van der Waals surface area contributed by atoms with Crippen LogP contribution in [0.15, 0.2) is 41.8 Å². The molecule has 2 aromatic rings. The summed E-state index contributed by atoms with van der Waals surface area (Å²) in [5, 5.41) is 4.55. The molecule has 132 valence electrons. The second-order valence-electron chi connectivity index (χ2n) is 6.05. The number of rotatable bonds is 5. The molecule has 25 heavy (non-hydrogen) atoms. The van der Waals surface area contributed by atoms with Crippen LogP contribution in [0.1, 0.15) is 35.4 Å². The summed E-state index contributed by atoms with van der Waals surface area (Å²) in [4.78, 5) is 26.5. The van der Waals surface area contributed by atoms with Gasteiger partial charge in [-0.25, -0.2) is 4.79 Å². The molecule has 0 bridgehead atoms. The maximum atomic E-state index is 11.9. The molecule has 5 nitrogen and oxygen atoms in total. The van der Waals surface area contributed by atoms with Crippen LogP contribution in [0.4, 0.5) is 11.4 Å². The second-order valence-corrected chi connectivity index (χ2v) is 7.00. The van der Waals surface area contributed by atoms with Gasteiger partial charge in [0.1, 0.15) is 4.88 Å². The second kappa shape index (κ2) is 8.67. The minimum absolute atomic E-state index is 0.287. The van der Waals surface area contributed by atoms with Crippen LogP contribution >= 0.6 is 11.3 Å². The van der Waals surface area contributed by atoms with E-state index in [0.29, 0.717) is 10.6 Å². The van der Waals surface area contributed by atoms with Crippen LogP contribution in [0.3, 0.4) is 0 Å². The minimum Gasteiger partial charge on any atom is -0.451 e. The Balaban J connectivity index is 1.49. The highest BCUT2D eigenvalue weighted by molar-refractivity contribution is 7.11. The maximum Gasteiger partial charge on any atom is 0.348 e. The summed E-state index contributed by atoms with van der Waals surface area (Å²) in [5.74, 6) is -0.811. The lowest BCUT2D eigenvalue weighted by Crippen LogP contribution is -2.24. The summed E-state index contributed by atoms with van der Waals surface area (Å²) in [7, 11) is 0. The number of thiophene rings is 1. The predicted octanol–water partition coefficient (Wildman–Crippen LogP) is 3.92. The van der Waals surface area contributed by atoms with Gasteiger partial charge in [0.05, 0.1) is 0 Å². The summed E-state index contributed by atoms with van der Waals surface area (Å²) in [6.07, 6.45) is 5.06. The zero-order valence-corrected chi connectivity index (χ0v) is 14.9. The molecule has 1 fully saturated rings. The number of hydrogen-bond donors (Lipinski definition) is 1. The molecule has 1 aromatic heterocycles. The first-order valence-corrected chi connectivity index (χ1v) is 9.46. The van der Waals surface area contributed by atoms with Gasteiger partial charge in [0.2, 0.25) is 0 Å². The van der Waals surface area contributed by atoms with Gasteiger partial charge in [-0.3, -0.25) is 4.79 Å². The van der Waals surface area contributed by atoms with E-state index in [-0.39, 0.29) is 12.5 Å². The van der Waals surface area contributed by atoms with Crippen molar-refractivity contribution in [1.82, 2.24) is 0 Å². The van der Waals surface area contributed by atoms with Crippen molar-refractivity contribution >= 4 is 34.6 Å². The molecule has 1 N–H and O–H groups in total. The van der Waals surface area contributed by atoms with E-state index < -0.39 is 5.97 Å². The number of ether oxygens (including phenoxy) is 1. The van der Waals surface area contributed by atoms with Crippen molar-refractivity contribution in [3.05, 3.63) is 46.7 Å². The van der Waals surface area contributed by atoms with Gasteiger partial charge >= 0.3 is 5.97 Å². The first-order valence-electron chi connectivity index (χ1n) is 8.58. The Morgan fingerprint density at radius 1 is 1.04 bits per heavy atom. The van der Waals surface area contributed by atoms with E-state index in [4.69, 9.17) is 4.74 Å². The normalized spacial score (nSPS) is 14.6. The first kappa shape index (κ1) is 17.5. The smallest absolute Gasteiger partial charge is 0.348 e. The van der Waals surface area contributed by atoms with Crippen LogP contribution in [0.5, 0.6) is 0 Å². The van der Waals surface area contributed by atoms with Gasteiger partial charge in [0.25, 0.3) is 5.91 Å². The molecule has 1 aliphatic rings. The molecule has 6 heteroatoms. The average molecular weight is 358 g/mol. The summed E-state index contributed by atoms with van der Waals surface area (Å²) >= 11 is 1.29. The summed E-state index contributed by atoms with van der Waals surface area (Å²) in [6, 6.07) is 11.3. The van der Waals surface area contributed by atoms with Crippen LogP contribution in [-0.2, 0) is 9.53 Å². The number of benzene rings is 1. The fourth-order valence-corrected chi connectivity index (χ4v) is 3.49. The summed E-state index contributed by atoms with van der Waals surface area (Å²) in [6.45, 7) is 1.89. The Labute approximate surface area is 151 Å². The Hall–Kier alpha value is -2.34. The van der Waals surface area contributed by atoms with Crippen molar-refractivity contribution < 1.29 is 14.3 Å². The number of hydrogen-bond acceptors (Lipinski definition) is 5. The highest BCUT2D eigenvalue weighted by Gasteiger charge is 2.12. The molecule has 0 spiro atoms. The van der Waals surface area contributed by atoms with Crippen LogP contribution in [0, 0.1) is 0 Å². The highest BCUT2D eigenvalue weighted by atomic mass is 32.1. The number of amides is 1. The summed E-state index contributed by atoms with van der Waals surface area (Å²) in [5.41, 5.74) is 1.89. The van der Waals surface area contributed by atoms with Crippen molar-refractivity contribution in [2.75, 3.05) is 29.9 Å². The number of nitrogens with one attached hydrogen (secondary N) is 1. The van der Waals surface area contributed by atoms with Crippen molar-refractivity contribution in [3.63, 3.8) is 0 Å². The number of esters is 1. The molecule has 0 saturated carbocycles. The van der Waals surface area contributed by atoms with E-state index in [1.54, 1.807) is 17.5 Å². The monoisotopic (exact) mass is 358 g/mol. The Morgan fingerprint density at radius 2 is 1.76 bits per heavy atom. The van der Waals surface area contributed by atoms with E-state index in [1.165, 1.54) is 42.7 Å².